The van der Waals surface area contributed by atoms with E-state index in [-0.39, 0.29) is 5.91 Å². The topological polar surface area (TPSA) is 75.7 Å². The van der Waals surface area contributed by atoms with Gasteiger partial charge >= 0.3 is 0 Å². The highest BCUT2D eigenvalue weighted by Gasteiger charge is 2.15. The molecule has 29 heavy (non-hydrogen) atoms. The Kier molecular flexibility index (Phi) is 8.67. The monoisotopic (exact) mass is 456 g/mol. The third-order valence-corrected chi connectivity index (χ3v) is 6.60. The van der Waals surface area contributed by atoms with E-state index in [1.165, 1.54) is 16.9 Å². The lowest BCUT2D eigenvalue weighted by atomic mass is 10.2. The standard InChI is InChI=1S/C20H25ClN2O4S2/c1-15(27-19-10-8-18(9-11-19)23(2)29(3,25)26)20(24)22-12-13-28-14-16-4-6-17(21)7-5-16/h4-11,15H,12-14H2,1-3H3,(H,22,24)/t15-/m1/s1. The Morgan fingerprint density at radius 3 is 2.38 bits per heavy atom. The number of benzene rings is 2. The summed E-state index contributed by atoms with van der Waals surface area (Å²) in [4.78, 5) is 12.2. The number of hydrogen-bond acceptors (Lipinski definition) is 5. The van der Waals surface area contributed by atoms with Gasteiger partial charge in [0.25, 0.3) is 5.91 Å². The van der Waals surface area contributed by atoms with E-state index < -0.39 is 16.1 Å². The van der Waals surface area contributed by atoms with Gasteiger partial charge in [0.1, 0.15) is 5.75 Å². The van der Waals surface area contributed by atoms with E-state index in [1.807, 2.05) is 24.3 Å². The number of nitrogens with one attached hydrogen (secondary N) is 1. The van der Waals surface area contributed by atoms with Crippen LogP contribution in [0.15, 0.2) is 48.5 Å². The van der Waals surface area contributed by atoms with E-state index in [2.05, 4.69) is 5.32 Å². The summed E-state index contributed by atoms with van der Waals surface area (Å²) in [6, 6.07) is 14.3. The van der Waals surface area contributed by atoms with Crippen LogP contribution in [0.5, 0.6) is 5.75 Å². The molecule has 2 aromatic rings. The van der Waals surface area contributed by atoms with Crippen molar-refractivity contribution in [2.75, 3.05) is 29.9 Å². The zero-order chi connectivity index (χ0) is 21.4. The molecular formula is C20H25ClN2O4S2. The van der Waals surface area contributed by atoms with Crippen molar-refractivity contribution in [3.05, 3.63) is 59.1 Å². The molecule has 1 atom stereocenters. The molecule has 0 saturated carbocycles. The molecular weight excluding hydrogens is 432 g/mol. The largest absolute Gasteiger partial charge is 0.481 e. The Morgan fingerprint density at radius 2 is 1.79 bits per heavy atom. The van der Waals surface area contributed by atoms with E-state index in [4.69, 9.17) is 16.3 Å². The predicted octanol–water partition coefficient (Wildman–Crippen LogP) is 3.55. The van der Waals surface area contributed by atoms with E-state index in [0.29, 0.717) is 18.0 Å². The van der Waals surface area contributed by atoms with Crippen LogP contribution in [0, 0.1) is 0 Å². The Labute approximate surface area is 181 Å². The summed E-state index contributed by atoms with van der Waals surface area (Å²) >= 11 is 7.59. The van der Waals surface area contributed by atoms with E-state index >= 15 is 0 Å². The van der Waals surface area contributed by atoms with Gasteiger partial charge in [-0.05, 0) is 48.9 Å². The van der Waals surface area contributed by atoms with Gasteiger partial charge in [0.15, 0.2) is 6.10 Å². The number of sulfonamides is 1. The summed E-state index contributed by atoms with van der Waals surface area (Å²) < 4.78 is 29.9. The van der Waals surface area contributed by atoms with Crippen LogP contribution in [-0.2, 0) is 20.6 Å². The van der Waals surface area contributed by atoms with Crippen molar-refractivity contribution in [3.63, 3.8) is 0 Å². The van der Waals surface area contributed by atoms with Gasteiger partial charge < -0.3 is 10.1 Å². The van der Waals surface area contributed by atoms with E-state index in [1.54, 1.807) is 43.0 Å². The molecule has 1 amide bonds. The zero-order valence-corrected chi connectivity index (χ0v) is 19.0. The summed E-state index contributed by atoms with van der Waals surface area (Å²) in [6.45, 7) is 2.22. The van der Waals surface area contributed by atoms with Crippen LogP contribution in [0.2, 0.25) is 5.02 Å². The van der Waals surface area contributed by atoms with Crippen molar-refractivity contribution < 1.29 is 17.9 Å². The molecule has 0 bridgehead atoms. The van der Waals surface area contributed by atoms with Crippen molar-refractivity contribution in [2.45, 2.75) is 18.8 Å². The first-order chi connectivity index (χ1) is 13.7. The van der Waals surface area contributed by atoms with Crippen molar-refractivity contribution in [1.29, 1.82) is 0 Å². The third-order valence-electron chi connectivity index (χ3n) is 4.11. The number of thioether (sulfide) groups is 1. The number of nitrogens with zero attached hydrogens (tertiary/aromatic N) is 1. The lowest BCUT2D eigenvalue weighted by Crippen LogP contribution is -2.37. The van der Waals surface area contributed by atoms with E-state index in [0.717, 1.165) is 22.8 Å². The minimum atomic E-state index is -3.32. The SMILES string of the molecule is C[C@@H](Oc1ccc(N(C)S(C)(=O)=O)cc1)C(=O)NCCSCc1ccc(Cl)cc1. The van der Waals surface area contributed by atoms with Crippen LogP contribution in [-0.4, -0.2) is 46.0 Å². The van der Waals surface area contributed by atoms with Gasteiger partial charge in [-0.15, -0.1) is 0 Å². The van der Waals surface area contributed by atoms with Gasteiger partial charge in [-0.3, -0.25) is 9.10 Å². The van der Waals surface area contributed by atoms with Gasteiger partial charge in [0.05, 0.1) is 11.9 Å². The molecule has 2 aromatic carbocycles. The zero-order valence-electron chi connectivity index (χ0n) is 16.6. The number of anilines is 1. The highest BCUT2D eigenvalue weighted by molar-refractivity contribution is 7.98. The first-order valence-electron chi connectivity index (χ1n) is 8.97. The van der Waals surface area contributed by atoms with Crippen LogP contribution >= 0.6 is 23.4 Å². The van der Waals surface area contributed by atoms with Crippen LogP contribution < -0.4 is 14.4 Å². The highest BCUT2D eigenvalue weighted by Crippen LogP contribution is 2.21. The second-order valence-corrected chi connectivity index (χ2v) is 10.0. The molecule has 0 heterocycles. The quantitative estimate of drug-likeness (QED) is 0.553. The van der Waals surface area contributed by atoms with Gasteiger partial charge in [0, 0.05) is 30.1 Å². The molecule has 0 aliphatic heterocycles. The second kappa shape index (κ2) is 10.8. The minimum absolute atomic E-state index is 0.200. The Balaban J connectivity index is 1.72. The number of carbonyl (C=O) groups excluding carboxylic acids is 1. The van der Waals surface area contributed by atoms with E-state index in [9.17, 15) is 13.2 Å². The molecule has 0 aliphatic rings. The fraction of sp³-hybridized carbons (Fsp3) is 0.350. The smallest absolute Gasteiger partial charge is 0.260 e. The molecule has 9 heteroatoms. The first kappa shape index (κ1) is 23.4. The van der Waals surface area contributed by atoms with Crippen LogP contribution in [0.4, 0.5) is 5.69 Å². The summed E-state index contributed by atoms with van der Waals surface area (Å²) in [6.07, 6.45) is 0.479. The van der Waals surface area contributed by atoms with Crippen LogP contribution in [0.1, 0.15) is 12.5 Å². The molecule has 0 saturated heterocycles. The third kappa shape index (κ3) is 7.79. The number of amides is 1. The first-order valence-corrected chi connectivity index (χ1v) is 12.4. The summed E-state index contributed by atoms with van der Waals surface area (Å²) in [5.74, 6) is 1.94. The molecule has 0 aromatic heterocycles. The Hall–Kier alpha value is -1.90. The molecule has 0 unspecified atom stereocenters. The summed E-state index contributed by atoms with van der Waals surface area (Å²) in [7, 11) is -1.84. The van der Waals surface area contributed by atoms with Crippen molar-refractivity contribution in [2.24, 2.45) is 0 Å². The predicted molar refractivity (Wildman–Crippen MR) is 120 cm³/mol. The van der Waals surface area contributed by atoms with Crippen molar-refractivity contribution >= 4 is 45.0 Å². The van der Waals surface area contributed by atoms with Gasteiger partial charge in [0.2, 0.25) is 10.0 Å². The van der Waals surface area contributed by atoms with Crippen LogP contribution in [0.3, 0.4) is 0 Å². The molecule has 2 rings (SSSR count). The van der Waals surface area contributed by atoms with Gasteiger partial charge in [-0.1, -0.05) is 23.7 Å². The number of halogens is 1. The lowest BCUT2D eigenvalue weighted by Gasteiger charge is -2.18. The van der Waals surface area contributed by atoms with Gasteiger partial charge in [-0.25, -0.2) is 8.42 Å². The summed E-state index contributed by atoms with van der Waals surface area (Å²) in [5, 5.41) is 3.57. The second-order valence-electron chi connectivity index (χ2n) is 6.45. The highest BCUT2D eigenvalue weighted by atomic mass is 35.5. The fourth-order valence-corrected chi connectivity index (χ4v) is 3.79. The maximum atomic E-state index is 12.2. The number of carbonyl (C=O) groups is 1. The molecule has 0 fully saturated rings. The van der Waals surface area contributed by atoms with Crippen molar-refractivity contribution in [3.8, 4) is 5.75 Å². The maximum absolute atomic E-state index is 12.2. The lowest BCUT2D eigenvalue weighted by molar-refractivity contribution is -0.127. The molecule has 0 radical (unpaired) electrons. The fourth-order valence-electron chi connectivity index (χ4n) is 2.34. The average molecular weight is 457 g/mol. The number of ether oxygens (including phenoxy) is 1. The van der Waals surface area contributed by atoms with Crippen molar-refractivity contribution in [1.82, 2.24) is 5.32 Å². The molecule has 0 aliphatic carbocycles. The van der Waals surface area contributed by atoms with Crippen LogP contribution in [0.25, 0.3) is 0 Å². The Morgan fingerprint density at radius 1 is 1.17 bits per heavy atom. The molecule has 1 N–H and O–H groups in total. The molecule has 6 nitrogen and oxygen atoms in total. The molecule has 158 valence electrons. The normalized spacial score (nSPS) is 12.3. The number of rotatable bonds is 10. The average Bonchev–Trinajstić information content (AvgIpc) is 2.68. The summed E-state index contributed by atoms with van der Waals surface area (Å²) in [5.41, 5.74) is 1.71. The van der Waals surface area contributed by atoms with Gasteiger partial charge in [-0.2, -0.15) is 11.8 Å². The molecule has 0 spiro atoms. The Bertz CT molecular complexity index is 903. The number of hydrogen-bond donors (Lipinski definition) is 1. The maximum Gasteiger partial charge on any atom is 0.260 e. The minimum Gasteiger partial charge on any atom is -0.481 e.